The van der Waals surface area contributed by atoms with Crippen LogP contribution < -0.4 is 0 Å². The van der Waals surface area contributed by atoms with Gasteiger partial charge in [-0.2, -0.15) is 11.3 Å². The molecular weight excluding hydrogens is 204 g/mol. The van der Waals surface area contributed by atoms with Crippen LogP contribution in [0.5, 0.6) is 0 Å². The summed E-state index contributed by atoms with van der Waals surface area (Å²) < 4.78 is 0. The summed E-state index contributed by atoms with van der Waals surface area (Å²) in [7, 11) is 0. The molecule has 0 aliphatic heterocycles. The first-order valence-corrected chi connectivity index (χ1v) is 5.91. The van der Waals surface area contributed by atoms with Crippen LogP contribution in [-0.4, -0.2) is 5.78 Å². The summed E-state index contributed by atoms with van der Waals surface area (Å²) in [5, 5.41) is 3.82. The van der Waals surface area contributed by atoms with Crippen LogP contribution >= 0.6 is 11.3 Å². The van der Waals surface area contributed by atoms with E-state index in [9.17, 15) is 4.79 Å². The van der Waals surface area contributed by atoms with Gasteiger partial charge in [0.05, 0.1) is 0 Å². The van der Waals surface area contributed by atoms with Crippen molar-refractivity contribution in [3.63, 3.8) is 0 Å². The van der Waals surface area contributed by atoms with Gasteiger partial charge in [0, 0.05) is 16.5 Å². The van der Waals surface area contributed by atoms with E-state index >= 15 is 0 Å². The van der Waals surface area contributed by atoms with Crippen LogP contribution in [0.2, 0.25) is 0 Å². The van der Waals surface area contributed by atoms with E-state index in [0.717, 1.165) is 17.5 Å². The minimum absolute atomic E-state index is 0.117. The van der Waals surface area contributed by atoms with E-state index < -0.39 is 0 Å². The van der Waals surface area contributed by atoms with E-state index in [0.29, 0.717) is 0 Å². The van der Waals surface area contributed by atoms with Gasteiger partial charge in [-0.1, -0.05) is 25.1 Å². The van der Waals surface area contributed by atoms with Crippen molar-refractivity contribution in [2.75, 3.05) is 0 Å². The highest BCUT2D eigenvalue weighted by atomic mass is 32.1. The predicted octanol–water partition coefficient (Wildman–Crippen LogP) is 3.54. The highest BCUT2D eigenvalue weighted by Crippen LogP contribution is 2.14. The van der Waals surface area contributed by atoms with E-state index in [4.69, 9.17) is 0 Å². The molecule has 0 spiro atoms. The Kier molecular flexibility index (Phi) is 2.97. The van der Waals surface area contributed by atoms with Crippen LogP contribution in [-0.2, 0) is 6.42 Å². The first kappa shape index (κ1) is 10.1. The average Bonchev–Trinajstić information content (AvgIpc) is 2.81. The van der Waals surface area contributed by atoms with Crippen LogP contribution in [0.4, 0.5) is 0 Å². The quantitative estimate of drug-likeness (QED) is 0.717. The zero-order valence-corrected chi connectivity index (χ0v) is 9.38. The van der Waals surface area contributed by atoms with Gasteiger partial charge >= 0.3 is 0 Å². The van der Waals surface area contributed by atoms with E-state index in [1.54, 1.807) is 11.3 Å². The van der Waals surface area contributed by atoms with Crippen LogP contribution in [0, 0.1) is 0 Å². The lowest BCUT2D eigenvalue weighted by Crippen LogP contribution is -1.99. The molecule has 1 heterocycles. The monoisotopic (exact) mass is 216 g/mol. The summed E-state index contributed by atoms with van der Waals surface area (Å²) in [4.78, 5) is 12.0. The van der Waals surface area contributed by atoms with Gasteiger partial charge in [-0.05, 0) is 29.5 Å². The van der Waals surface area contributed by atoms with E-state index in [1.807, 2.05) is 41.1 Å². The second-order valence-electron chi connectivity index (χ2n) is 3.40. The number of ketones is 1. The van der Waals surface area contributed by atoms with E-state index in [1.165, 1.54) is 5.56 Å². The Hall–Kier alpha value is -1.41. The SMILES string of the molecule is CCc1cccc(C(=O)c2ccsc2)c1. The van der Waals surface area contributed by atoms with Crippen molar-refractivity contribution in [2.45, 2.75) is 13.3 Å². The molecule has 2 heteroatoms. The molecule has 0 aliphatic carbocycles. The third-order valence-corrected chi connectivity index (χ3v) is 3.06. The molecule has 0 saturated carbocycles. The fraction of sp³-hybridized carbons (Fsp3) is 0.154. The van der Waals surface area contributed by atoms with Crippen molar-refractivity contribution in [3.05, 3.63) is 57.8 Å². The van der Waals surface area contributed by atoms with Gasteiger partial charge in [-0.15, -0.1) is 0 Å². The van der Waals surface area contributed by atoms with Crippen LogP contribution in [0.25, 0.3) is 0 Å². The van der Waals surface area contributed by atoms with Crippen LogP contribution in [0.15, 0.2) is 41.1 Å². The summed E-state index contributed by atoms with van der Waals surface area (Å²) in [6.45, 7) is 2.09. The number of benzene rings is 1. The Balaban J connectivity index is 2.34. The summed E-state index contributed by atoms with van der Waals surface area (Å²) in [5.74, 6) is 0.117. The topological polar surface area (TPSA) is 17.1 Å². The molecule has 0 fully saturated rings. The van der Waals surface area contributed by atoms with Gasteiger partial charge in [-0.25, -0.2) is 0 Å². The van der Waals surface area contributed by atoms with Crippen molar-refractivity contribution in [1.82, 2.24) is 0 Å². The smallest absolute Gasteiger partial charge is 0.193 e. The first-order chi connectivity index (χ1) is 7.31. The highest BCUT2D eigenvalue weighted by Gasteiger charge is 2.08. The number of aryl methyl sites for hydroxylation is 1. The van der Waals surface area contributed by atoms with Crippen molar-refractivity contribution < 1.29 is 4.79 Å². The predicted molar refractivity (Wildman–Crippen MR) is 63.6 cm³/mol. The normalized spacial score (nSPS) is 10.2. The molecular formula is C13H12OS. The molecule has 0 atom stereocenters. The molecule has 0 saturated heterocycles. The Morgan fingerprint density at radius 3 is 2.80 bits per heavy atom. The third-order valence-electron chi connectivity index (χ3n) is 2.38. The van der Waals surface area contributed by atoms with Crippen LogP contribution in [0.1, 0.15) is 28.4 Å². The lowest BCUT2D eigenvalue weighted by atomic mass is 10.0. The maximum atomic E-state index is 12.0. The Morgan fingerprint density at radius 1 is 1.27 bits per heavy atom. The van der Waals surface area contributed by atoms with Crippen molar-refractivity contribution in [3.8, 4) is 0 Å². The summed E-state index contributed by atoms with van der Waals surface area (Å²) in [6, 6.07) is 9.70. The molecule has 1 aromatic carbocycles. The molecule has 0 unspecified atom stereocenters. The average molecular weight is 216 g/mol. The molecule has 2 aromatic rings. The molecule has 0 amide bonds. The number of hydrogen-bond donors (Lipinski definition) is 0. The minimum atomic E-state index is 0.117. The molecule has 0 radical (unpaired) electrons. The largest absolute Gasteiger partial charge is 0.289 e. The van der Waals surface area contributed by atoms with Gasteiger partial charge in [-0.3, -0.25) is 4.79 Å². The van der Waals surface area contributed by atoms with Crippen molar-refractivity contribution >= 4 is 17.1 Å². The Labute approximate surface area is 93.4 Å². The van der Waals surface area contributed by atoms with Gasteiger partial charge < -0.3 is 0 Å². The lowest BCUT2D eigenvalue weighted by Gasteiger charge is -2.01. The fourth-order valence-corrected chi connectivity index (χ4v) is 2.13. The highest BCUT2D eigenvalue weighted by molar-refractivity contribution is 7.08. The Morgan fingerprint density at radius 2 is 2.13 bits per heavy atom. The molecule has 1 aromatic heterocycles. The summed E-state index contributed by atoms with van der Waals surface area (Å²) in [6.07, 6.45) is 0.963. The van der Waals surface area contributed by atoms with E-state index in [-0.39, 0.29) is 5.78 Å². The number of carbonyl (C=O) groups excluding carboxylic acids is 1. The number of hydrogen-bond acceptors (Lipinski definition) is 2. The number of thiophene rings is 1. The zero-order valence-electron chi connectivity index (χ0n) is 8.57. The van der Waals surface area contributed by atoms with Crippen molar-refractivity contribution in [1.29, 1.82) is 0 Å². The fourth-order valence-electron chi connectivity index (χ4n) is 1.49. The lowest BCUT2D eigenvalue weighted by molar-refractivity contribution is 0.103. The number of rotatable bonds is 3. The van der Waals surface area contributed by atoms with Gasteiger partial charge in [0.1, 0.15) is 0 Å². The van der Waals surface area contributed by atoms with Gasteiger partial charge in [0.2, 0.25) is 0 Å². The van der Waals surface area contributed by atoms with Gasteiger partial charge in [0.25, 0.3) is 0 Å². The van der Waals surface area contributed by atoms with Crippen LogP contribution in [0.3, 0.4) is 0 Å². The maximum absolute atomic E-state index is 12.0. The molecule has 1 nitrogen and oxygen atoms in total. The molecule has 2 rings (SSSR count). The third kappa shape index (κ3) is 2.16. The molecule has 0 aliphatic rings. The van der Waals surface area contributed by atoms with Gasteiger partial charge in [0.15, 0.2) is 5.78 Å². The molecule has 15 heavy (non-hydrogen) atoms. The maximum Gasteiger partial charge on any atom is 0.193 e. The minimum Gasteiger partial charge on any atom is -0.289 e. The number of carbonyl (C=O) groups is 1. The summed E-state index contributed by atoms with van der Waals surface area (Å²) in [5.41, 5.74) is 2.78. The first-order valence-electron chi connectivity index (χ1n) is 4.97. The second kappa shape index (κ2) is 4.41. The zero-order chi connectivity index (χ0) is 10.7. The summed E-state index contributed by atoms with van der Waals surface area (Å²) >= 11 is 1.55. The molecule has 0 N–H and O–H groups in total. The Bertz CT molecular complexity index is 457. The van der Waals surface area contributed by atoms with E-state index in [2.05, 4.69) is 6.92 Å². The standard InChI is InChI=1S/C13H12OS/c1-2-10-4-3-5-11(8-10)13(14)12-6-7-15-9-12/h3-9H,2H2,1H3. The molecule has 76 valence electrons. The second-order valence-corrected chi connectivity index (χ2v) is 4.18. The molecule has 0 bridgehead atoms. The van der Waals surface area contributed by atoms with Crippen molar-refractivity contribution in [2.24, 2.45) is 0 Å².